The summed E-state index contributed by atoms with van der Waals surface area (Å²) < 4.78 is 11.8. The minimum Gasteiger partial charge on any atom is -0.386 e. The van der Waals surface area contributed by atoms with Crippen LogP contribution >= 0.6 is 0 Å². The predicted molar refractivity (Wildman–Crippen MR) is 48.2 cm³/mol. The second kappa shape index (κ2) is 4.54. The quantitative estimate of drug-likeness (QED) is 0.717. The van der Waals surface area contributed by atoms with Gasteiger partial charge in [0, 0.05) is 19.8 Å². The van der Waals surface area contributed by atoms with Crippen molar-refractivity contribution in [1.29, 1.82) is 0 Å². The Kier molecular flexibility index (Phi) is 3.32. The number of rotatable bonds is 4. The fourth-order valence-electron chi connectivity index (χ4n) is 0.935. The lowest BCUT2D eigenvalue weighted by Crippen LogP contribution is -2.05. The highest BCUT2D eigenvalue weighted by Crippen LogP contribution is 2.17. The van der Waals surface area contributed by atoms with Crippen molar-refractivity contribution in [3.8, 4) is 0 Å². The predicted octanol–water partition coefficient (Wildman–Crippen LogP) is 1.50. The molecule has 0 radical (unpaired) electrons. The van der Waals surface area contributed by atoms with E-state index in [1.165, 1.54) is 0 Å². The van der Waals surface area contributed by atoms with Crippen LogP contribution in [0.4, 0.5) is 15.8 Å². The van der Waals surface area contributed by atoms with Crippen molar-refractivity contribution in [1.82, 2.24) is 4.98 Å². The van der Waals surface area contributed by atoms with Gasteiger partial charge in [-0.05, 0) is 6.07 Å². The van der Waals surface area contributed by atoms with Gasteiger partial charge in [-0.1, -0.05) is 0 Å². The summed E-state index contributed by atoms with van der Waals surface area (Å²) in [5, 5.41) is 5.89. The lowest BCUT2D eigenvalue weighted by Gasteiger charge is -2.08. The third-order valence-corrected chi connectivity index (χ3v) is 1.50. The maximum atomic E-state index is 11.8. The molecular weight excluding hydrogens is 157 g/mol. The van der Waals surface area contributed by atoms with Crippen LogP contribution in [0.3, 0.4) is 0 Å². The normalized spacial score (nSPS) is 9.50. The van der Waals surface area contributed by atoms with Gasteiger partial charge in [0.15, 0.2) is 0 Å². The zero-order valence-electron chi connectivity index (χ0n) is 6.97. The van der Waals surface area contributed by atoms with Crippen LogP contribution in [-0.2, 0) is 0 Å². The summed E-state index contributed by atoms with van der Waals surface area (Å²) in [5.74, 6) is 0. The molecule has 66 valence electrons. The third-order valence-electron chi connectivity index (χ3n) is 1.50. The Hall–Kier alpha value is -1.32. The van der Waals surface area contributed by atoms with E-state index in [4.69, 9.17) is 0 Å². The maximum absolute atomic E-state index is 11.8. The van der Waals surface area contributed by atoms with Gasteiger partial charge in [-0.25, -0.2) is 4.39 Å². The minimum atomic E-state index is -0.377. The van der Waals surface area contributed by atoms with Gasteiger partial charge in [0.25, 0.3) is 0 Å². The number of pyridine rings is 1. The van der Waals surface area contributed by atoms with Crippen molar-refractivity contribution in [2.24, 2.45) is 0 Å². The molecule has 0 atom stereocenters. The van der Waals surface area contributed by atoms with Gasteiger partial charge in [0.05, 0.1) is 17.6 Å². The van der Waals surface area contributed by atoms with Crippen LogP contribution in [0.25, 0.3) is 0 Å². The Morgan fingerprint density at radius 1 is 1.50 bits per heavy atom. The van der Waals surface area contributed by atoms with Gasteiger partial charge in [-0.3, -0.25) is 4.98 Å². The molecule has 1 aromatic heterocycles. The van der Waals surface area contributed by atoms with Crippen molar-refractivity contribution in [2.75, 3.05) is 30.9 Å². The first kappa shape index (κ1) is 8.77. The molecule has 0 fully saturated rings. The van der Waals surface area contributed by atoms with Gasteiger partial charge in [-0.15, -0.1) is 0 Å². The monoisotopic (exact) mass is 169 g/mol. The molecule has 3 nitrogen and oxygen atoms in total. The topological polar surface area (TPSA) is 37.0 Å². The Bertz CT molecular complexity index is 239. The van der Waals surface area contributed by atoms with Gasteiger partial charge < -0.3 is 10.6 Å². The largest absolute Gasteiger partial charge is 0.386 e. The van der Waals surface area contributed by atoms with Gasteiger partial charge >= 0.3 is 0 Å². The average molecular weight is 169 g/mol. The van der Waals surface area contributed by atoms with Gasteiger partial charge in [-0.2, -0.15) is 0 Å². The first-order valence-electron chi connectivity index (χ1n) is 3.80. The van der Waals surface area contributed by atoms with E-state index < -0.39 is 0 Å². The number of aromatic nitrogens is 1. The molecule has 12 heavy (non-hydrogen) atoms. The highest BCUT2D eigenvalue weighted by molar-refractivity contribution is 5.66. The Morgan fingerprint density at radius 3 is 3.00 bits per heavy atom. The SMILES string of the molecule is CNc1ccncc1NCCF. The molecule has 0 aliphatic carbocycles. The van der Waals surface area contributed by atoms with Crippen LogP contribution in [0.15, 0.2) is 18.5 Å². The van der Waals surface area contributed by atoms with E-state index in [1.807, 2.05) is 13.1 Å². The minimum absolute atomic E-state index is 0.320. The molecule has 0 unspecified atom stereocenters. The summed E-state index contributed by atoms with van der Waals surface area (Å²) in [7, 11) is 1.82. The zero-order valence-corrected chi connectivity index (χ0v) is 6.97. The second-order valence-corrected chi connectivity index (χ2v) is 2.29. The summed E-state index contributed by atoms with van der Waals surface area (Å²) in [6.45, 7) is -0.0571. The molecule has 0 saturated carbocycles. The number of anilines is 2. The number of hydrogen-bond acceptors (Lipinski definition) is 3. The Labute approximate surface area is 71.0 Å². The standard InChI is InChI=1S/C8H12FN3/c1-10-7-2-4-11-6-8(7)12-5-3-9/h2,4,6,12H,3,5H2,1H3,(H,10,11). The molecule has 0 amide bonds. The molecule has 4 heteroatoms. The molecule has 2 N–H and O–H groups in total. The lowest BCUT2D eigenvalue weighted by molar-refractivity contribution is 0.513. The molecule has 0 aliphatic heterocycles. The molecule has 1 rings (SSSR count). The van der Waals surface area contributed by atoms with E-state index in [2.05, 4.69) is 15.6 Å². The third kappa shape index (κ3) is 2.08. The molecule has 0 bridgehead atoms. The summed E-state index contributed by atoms with van der Waals surface area (Å²) in [4.78, 5) is 3.92. The van der Waals surface area contributed by atoms with Gasteiger partial charge in [0.2, 0.25) is 0 Å². The van der Waals surface area contributed by atoms with Crippen LogP contribution in [0.5, 0.6) is 0 Å². The molecule has 0 saturated heterocycles. The summed E-state index contributed by atoms with van der Waals surface area (Å²) in [5.41, 5.74) is 1.76. The van der Waals surface area contributed by atoms with Crippen molar-refractivity contribution in [3.05, 3.63) is 18.5 Å². The molecule has 1 heterocycles. The number of nitrogens with one attached hydrogen (secondary N) is 2. The van der Waals surface area contributed by atoms with E-state index in [9.17, 15) is 4.39 Å². The van der Waals surface area contributed by atoms with Crippen LogP contribution in [0.1, 0.15) is 0 Å². The van der Waals surface area contributed by atoms with Crippen molar-refractivity contribution in [2.45, 2.75) is 0 Å². The summed E-state index contributed by atoms with van der Waals surface area (Å²) >= 11 is 0. The number of nitrogens with zero attached hydrogens (tertiary/aromatic N) is 1. The van der Waals surface area contributed by atoms with Crippen molar-refractivity contribution >= 4 is 11.4 Å². The number of halogens is 1. The smallest absolute Gasteiger partial charge is 0.107 e. The van der Waals surface area contributed by atoms with E-state index >= 15 is 0 Å². The lowest BCUT2D eigenvalue weighted by atomic mass is 10.3. The summed E-state index contributed by atoms with van der Waals surface area (Å²) in [6.07, 6.45) is 3.36. The van der Waals surface area contributed by atoms with Crippen molar-refractivity contribution in [3.63, 3.8) is 0 Å². The molecule has 0 aliphatic rings. The first-order chi connectivity index (χ1) is 5.88. The van der Waals surface area contributed by atoms with E-state index in [0.717, 1.165) is 11.4 Å². The van der Waals surface area contributed by atoms with Gasteiger partial charge in [0.1, 0.15) is 6.67 Å². The molecule has 1 aromatic rings. The Morgan fingerprint density at radius 2 is 2.33 bits per heavy atom. The fraction of sp³-hybridized carbons (Fsp3) is 0.375. The Balaban J connectivity index is 2.68. The molecule has 0 aromatic carbocycles. The van der Waals surface area contributed by atoms with Crippen LogP contribution in [0.2, 0.25) is 0 Å². The highest BCUT2D eigenvalue weighted by Gasteiger charge is 1.97. The fourth-order valence-corrected chi connectivity index (χ4v) is 0.935. The second-order valence-electron chi connectivity index (χ2n) is 2.29. The van der Waals surface area contributed by atoms with Crippen molar-refractivity contribution < 1.29 is 4.39 Å². The first-order valence-corrected chi connectivity index (χ1v) is 3.80. The molecular formula is C8H12FN3. The van der Waals surface area contributed by atoms with Crippen LogP contribution < -0.4 is 10.6 Å². The zero-order chi connectivity index (χ0) is 8.81. The number of alkyl halides is 1. The maximum Gasteiger partial charge on any atom is 0.107 e. The van der Waals surface area contributed by atoms with E-state index in [0.29, 0.717) is 6.54 Å². The summed E-state index contributed by atoms with van der Waals surface area (Å²) in [6, 6.07) is 1.83. The highest BCUT2D eigenvalue weighted by atomic mass is 19.1. The number of hydrogen-bond donors (Lipinski definition) is 2. The molecule has 0 spiro atoms. The van der Waals surface area contributed by atoms with Crippen LogP contribution in [0, 0.1) is 0 Å². The average Bonchev–Trinajstić information content (AvgIpc) is 2.15. The van der Waals surface area contributed by atoms with E-state index in [1.54, 1.807) is 12.4 Å². The van der Waals surface area contributed by atoms with E-state index in [-0.39, 0.29) is 6.67 Å². The van der Waals surface area contributed by atoms with Crippen LogP contribution in [-0.4, -0.2) is 25.3 Å².